The molecule has 1 aliphatic heterocycles. The van der Waals surface area contributed by atoms with Crippen LogP contribution >= 0.6 is 0 Å². The zero-order valence-electron chi connectivity index (χ0n) is 14.0. The Kier molecular flexibility index (Phi) is 2.86. The predicted molar refractivity (Wildman–Crippen MR) is 93.4 cm³/mol. The van der Waals surface area contributed by atoms with Gasteiger partial charge < -0.3 is 23.7 Å². The number of nitrogens with zero attached hydrogens (tertiary/aromatic N) is 1. The lowest BCUT2D eigenvalue weighted by Gasteiger charge is -2.12. The Bertz CT molecular complexity index is 1240. The van der Waals surface area contributed by atoms with Crippen molar-refractivity contribution in [3.05, 3.63) is 35.7 Å². The van der Waals surface area contributed by atoms with Gasteiger partial charge in [0.1, 0.15) is 11.3 Å². The number of rotatable bonds is 2. The first-order valence-electron chi connectivity index (χ1n) is 7.95. The van der Waals surface area contributed by atoms with Gasteiger partial charge in [0, 0.05) is 23.1 Å². The third-order valence-corrected chi connectivity index (χ3v) is 4.61. The summed E-state index contributed by atoms with van der Waals surface area (Å²) in [6, 6.07) is 7.02. The maximum atomic E-state index is 11.9. The summed E-state index contributed by atoms with van der Waals surface area (Å²) in [6.45, 7) is 1.76. The van der Waals surface area contributed by atoms with Crippen molar-refractivity contribution in [1.82, 2.24) is 4.98 Å². The Labute approximate surface area is 146 Å². The molecule has 0 amide bonds. The summed E-state index contributed by atoms with van der Waals surface area (Å²) >= 11 is 0. The second-order valence-corrected chi connectivity index (χ2v) is 6.01. The number of aromatic carboxylic acids is 1. The fraction of sp³-hybridized carbons (Fsp3) is 0.158. The minimum absolute atomic E-state index is 0.0366. The van der Waals surface area contributed by atoms with Crippen LogP contribution in [0.25, 0.3) is 32.6 Å². The van der Waals surface area contributed by atoms with Gasteiger partial charge in [0.05, 0.1) is 18.1 Å². The Morgan fingerprint density at radius 1 is 1.23 bits per heavy atom. The molecule has 7 heteroatoms. The average Bonchev–Trinajstić information content (AvgIpc) is 3.25. The minimum atomic E-state index is -1.07. The molecule has 0 unspecified atom stereocenters. The minimum Gasteiger partial charge on any atom is -0.496 e. The molecule has 4 aromatic rings. The number of hydrogen-bond acceptors (Lipinski definition) is 6. The molecule has 0 bridgehead atoms. The smallest absolute Gasteiger partial charge is 0.336 e. The molecule has 26 heavy (non-hydrogen) atoms. The summed E-state index contributed by atoms with van der Waals surface area (Å²) in [5.74, 6) is 0.884. The summed E-state index contributed by atoms with van der Waals surface area (Å²) < 4.78 is 22.5. The molecule has 0 radical (unpaired) electrons. The fourth-order valence-electron chi connectivity index (χ4n) is 3.62. The van der Waals surface area contributed by atoms with Crippen molar-refractivity contribution in [2.24, 2.45) is 0 Å². The van der Waals surface area contributed by atoms with Crippen LogP contribution in [0.2, 0.25) is 0 Å². The zero-order chi connectivity index (χ0) is 18.0. The molecule has 0 fully saturated rings. The quantitative estimate of drug-likeness (QED) is 0.548. The first kappa shape index (κ1) is 14.8. The van der Waals surface area contributed by atoms with Gasteiger partial charge >= 0.3 is 5.97 Å². The number of carbonyl (C=O) groups is 1. The van der Waals surface area contributed by atoms with Gasteiger partial charge in [-0.05, 0) is 12.1 Å². The molecule has 0 saturated heterocycles. The summed E-state index contributed by atoms with van der Waals surface area (Å²) in [7, 11) is 1.58. The Balaban J connectivity index is 2.18. The molecule has 0 atom stereocenters. The van der Waals surface area contributed by atoms with E-state index in [2.05, 4.69) is 4.98 Å². The number of fused-ring (bicyclic) bond motifs is 8. The van der Waals surface area contributed by atoms with Crippen LogP contribution in [0.15, 0.2) is 28.7 Å². The Morgan fingerprint density at radius 3 is 2.85 bits per heavy atom. The van der Waals surface area contributed by atoms with Gasteiger partial charge in [0.2, 0.25) is 6.79 Å². The Hall–Kier alpha value is -3.48. The largest absolute Gasteiger partial charge is 0.496 e. The summed E-state index contributed by atoms with van der Waals surface area (Å²) in [6.07, 6.45) is 0. The van der Waals surface area contributed by atoms with E-state index in [1.807, 2.05) is 18.2 Å². The third-order valence-electron chi connectivity index (χ3n) is 4.61. The van der Waals surface area contributed by atoms with Crippen molar-refractivity contribution in [2.75, 3.05) is 13.9 Å². The highest BCUT2D eigenvalue weighted by atomic mass is 16.7. The molecule has 7 nitrogen and oxygen atoms in total. The van der Waals surface area contributed by atoms with Crippen molar-refractivity contribution in [3.63, 3.8) is 0 Å². The van der Waals surface area contributed by atoms with Crippen LogP contribution in [0.3, 0.4) is 0 Å². The number of hydrogen-bond donors (Lipinski definition) is 1. The van der Waals surface area contributed by atoms with Crippen LogP contribution in [0.5, 0.6) is 17.2 Å². The van der Waals surface area contributed by atoms with Gasteiger partial charge in [-0.3, -0.25) is 0 Å². The van der Waals surface area contributed by atoms with Crippen LogP contribution in [0.4, 0.5) is 0 Å². The van der Waals surface area contributed by atoms with Gasteiger partial charge in [-0.25, -0.2) is 9.78 Å². The molecule has 0 spiro atoms. The normalized spacial score (nSPS) is 13.0. The van der Waals surface area contributed by atoms with E-state index < -0.39 is 5.97 Å². The molecule has 1 aromatic heterocycles. The standard InChI is InChI=1S/C19H13NO6/c1-8-20-16-14-10(19(21)22)6-12-17(25-7-24-12)15(14)9-4-3-5-11(23-2)13(9)18(16)26-8/h3-6H,7H2,1-2H3,(H,21,22). The van der Waals surface area contributed by atoms with E-state index in [4.69, 9.17) is 18.6 Å². The summed E-state index contributed by atoms with van der Waals surface area (Å²) in [5.41, 5.74) is 1.04. The second kappa shape index (κ2) is 5.01. The first-order chi connectivity index (χ1) is 12.6. The molecule has 2 heterocycles. The topological polar surface area (TPSA) is 91.0 Å². The highest BCUT2D eigenvalue weighted by Gasteiger charge is 2.28. The van der Waals surface area contributed by atoms with Crippen molar-refractivity contribution >= 4 is 38.6 Å². The molecule has 130 valence electrons. The maximum absolute atomic E-state index is 11.9. The van der Waals surface area contributed by atoms with Gasteiger partial charge in [0.15, 0.2) is 23.0 Å². The van der Waals surface area contributed by atoms with E-state index in [1.165, 1.54) is 6.07 Å². The van der Waals surface area contributed by atoms with Gasteiger partial charge in [-0.1, -0.05) is 12.1 Å². The number of methoxy groups -OCH3 is 1. The number of oxazole rings is 1. The average molecular weight is 351 g/mol. The van der Waals surface area contributed by atoms with Gasteiger partial charge in [-0.2, -0.15) is 0 Å². The monoisotopic (exact) mass is 351 g/mol. The molecule has 3 aromatic carbocycles. The van der Waals surface area contributed by atoms with E-state index >= 15 is 0 Å². The van der Waals surface area contributed by atoms with Crippen LogP contribution in [-0.4, -0.2) is 30.0 Å². The fourth-order valence-corrected chi connectivity index (χ4v) is 3.62. The number of carboxylic acids is 1. The SMILES string of the molecule is COc1cccc2c1c1oc(C)nc1c1c(C(=O)O)cc3c(c21)OCO3. The number of carboxylic acid groups (broad SMARTS) is 1. The number of aromatic nitrogens is 1. The zero-order valence-corrected chi connectivity index (χ0v) is 14.0. The first-order valence-corrected chi connectivity index (χ1v) is 7.95. The molecule has 5 rings (SSSR count). The lowest BCUT2D eigenvalue weighted by atomic mass is 9.95. The third kappa shape index (κ3) is 1.77. The predicted octanol–water partition coefficient (Wildman–Crippen LogP) is 3.88. The van der Waals surface area contributed by atoms with Crippen LogP contribution in [0.1, 0.15) is 16.2 Å². The van der Waals surface area contributed by atoms with Crippen LogP contribution in [0, 0.1) is 6.92 Å². The number of aryl methyl sites for hydroxylation is 1. The van der Waals surface area contributed by atoms with Crippen molar-refractivity contribution in [1.29, 1.82) is 0 Å². The molecule has 1 aliphatic rings. The summed E-state index contributed by atoms with van der Waals surface area (Å²) in [5, 5.41) is 12.4. The van der Waals surface area contributed by atoms with E-state index in [9.17, 15) is 9.90 Å². The van der Waals surface area contributed by atoms with Crippen LogP contribution < -0.4 is 14.2 Å². The number of benzene rings is 3. The van der Waals surface area contributed by atoms with Gasteiger partial charge in [0.25, 0.3) is 0 Å². The Morgan fingerprint density at radius 2 is 2.08 bits per heavy atom. The van der Waals surface area contributed by atoms with Crippen molar-refractivity contribution in [2.45, 2.75) is 6.92 Å². The lowest BCUT2D eigenvalue weighted by molar-refractivity contribution is 0.0698. The van der Waals surface area contributed by atoms with E-state index in [0.29, 0.717) is 45.0 Å². The summed E-state index contributed by atoms with van der Waals surface area (Å²) in [4.78, 5) is 16.4. The van der Waals surface area contributed by atoms with Gasteiger partial charge in [-0.15, -0.1) is 0 Å². The highest BCUT2D eigenvalue weighted by molar-refractivity contribution is 6.29. The second-order valence-electron chi connectivity index (χ2n) is 6.01. The van der Waals surface area contributed by atoms with Crippen molar-refractivity contribution < 1.29 is 28.5 Å². The highest BCUT2D eigenvalue weighted by Crippen LogP contribution is 2.49. The van der Waals surface area contributed by atoms with Crippen LogP contribution in [-0.2, 0) is 0 Å². The maximum Gasteiger partial charge on any atom is 0.336 e. The molecule has 0 saturated carbocycles. The molecular formula is C19H13NO6. The number of ether oxygens (including phenoxy) is 3. The molecule has 0 aliphatic carbocycles. The van der Waals surface area contributed by atoms with E-state index in [0.717, 1.165) is 10.8 Å². The lowest BCUT2D eigenvalue weighted by Crippen LogP contribution is -1.99. The van der Waals surface area contributed by atoms with E-state index in [1.54, 1.807) is 14.0 Å². The van der Waals surface area contributed by atoms with Crippen molar-refractivity contribution in [3.8, 4) is 17.2 Å². The molecule has 1 N–H and O–H groups in total. The molecular weight excluding hydrogens is 338 g/mol. The van der Waals surface area contributed by atoms with E-state index in [-0.39, 0.29) is 12.4 Å².